The second-order valence-electron chi connectivity index (χ2n) is 2.86. The molecular formula is C9H12O. The molecule has 1 heteroatoms. The molecule has 0 saturated heterocycles. The summed E-state index contributed by atoms with van der Waals surface area (Å²) in [5.41, 5.74) is 0. The normalized spacial score (nSPS) is 29.2. The van der Waals surface area contributed by atoms with E-state index in [4.69, 9.17) is 6.42 Å². The fourth-order valence-corrected chi connectivity index (χ4v) is 1.32. The highest BCUT2D eigenvalue weighted by molar-refractivity contribution is 5.85. The lowest BCUT2D eigenvalue weighted by atomic mass is 10.1. The van der Waals surface area contributed by atoms with Gasteiger partial charge < -0.3 is 0 Å². The van der Waals surface area contributed by atoms with Crippen LogP contribution in [-0.4, -0.2) is 5.78 Å². The van der Waals surface area contributed by atoms with Crippen LogP contribution in [0.15, 0.2) is 0 Å². The van der Waals surface area contributed by atoms with Gasteiger partial charge >= 0.3 is 0 Å². The summed E-state index contributed by atoms with van der Waals surface area (Å²) in [7, 11) is 0. The third-order valence-electron chi connectivity index (χ3n) is 2.14. The van der Waals surface area contributed by atoms with Gasteiger partial charge in [-0.05, 0) is 12.3 Å². The lowest BCUT2D eigenvalue weighted by Crippen LogP contribution is -1.99. The minimum atomic E-state index is 0.273. The molecule has 0 aromatic rings. The molecule has 1 rings (SSSR count). The van der Waals surface area contributed by atoms with Crippen LogP contribution < -0.4 is 0 Å². The number of rotatable bonds is 3. The Balaban J connectivity index is 2.27. The lowest BCUT2D eigenvalue weighted by molar-refractivity contribution is -0.119. The number of Topliss-reactive ketones (excluding diaryl/α,β-unsaturated/α-hetero) is 1. The van der Waals surface area contributed by atoms with E-state index in [9.17, 15) is 4.79 Å². The predicted octanol–water partition coefficient (Wildman–Crippen LogP) is 1.62. The molecule has 2 atom stereocenters. The van der Waals surface area contributed by atoms with Crippen molar-refractivity contribution in [2.45, 2.75) is 26.2 Å². The van der Waals surface area contributed by atoms with Crippen LogP contribution in [0.4, 0.5) is 0 Å². The molecule has 0 N–H and O–H groups in total. The summed E-state index contributed by atoms with van der Waals surface area (Å²) in [6, 6.07) is 0. The molecule has 0 bridgehead atoms. The topological polar surface area (TPSA) is 17.1 Å². The van der Waals surface area contributed by atoms with Gasteiger partial charge in [0.25, 0.3) is 0 Å². The van der Waals surface area contributed by atoms with Crippen LogP contribution in [0.5, 0.6) is 0 Å². The van der Waals surface area contributed by atoms with Gasteiger partial charge in [-0.25, -0.2) is 0 Å². The highest BCUT2D eigenvalue weighted by Crippen LogP contribution is 2.42. The summed E-state index contributed by atoms with van der Waals surface area (Å²) in [6.45, 7) is 2.12. The standard InChI is InChI=1S/C9H12O/c1-3-5-9(10)8-6-7(8)4-2/h1,7-8H,4-6H2,2H3. The van der Waals surface area contributed by atoms with Crippen molar-refractivity contribution in [3.63, 3.8) is 0 Å². The maximum atomic E-state index is 11.0. The molecule has 1 saturated carbocycles. The minimum Gasteiger partial charge on any atom is -0.298 e. The van der Waals surface area contributed by atoms with Crippen molar-refractivity contribution >= 4 is 5.78 Å². The molecular weight excluding hydrogens is 124 g/mol. The number of hydrogen-bond donors (Lipinski definition) is 0. The first-order chi connectivity index (χ1) is 4.79. The Labute approximate surface area is 61.8 Å². The van der Waals surface area contributed by atoms with Gasteiger partial charge in [0, 0.05) is 5.92 Å². The second kappa shape index (κ2) is 2.88. The maximum absolute atomic E-state index is 11.0. The van der Waals surface area contributed by atoms with Crippen LogP contribution in [0.1, 0.15) is 26.2 Å². The Hall–Kier alpha value is -0.770. The summed E-state index contributed by atoms with van der Waals surface area (Å²) >= 11 is 0. The quantitative estimate of drug-likeness (QED) is 0.539. The minimum absolute atomic E-state index is 0.273. The van der Waals surface area contributed by atoms with E-state index in [0.29, 0.717) is 18.3 Å². The van der Waals surface area contributed by atoms with Gasteiger partial charge in [-0.15, -0.1) is 6.42 Å². The number of carbonyl (C=O) groups is 1. The first-order valence-electron chi connectivity index (χ1n) is 3.75. The Bertz CT molecular complexity index is 176. The zero-order valence-corrected chi connectivity index (χ0v) is 6.26. The van der Waals surface area contributed by atoms with Crippen LogP contribution in [-0.2, 0) is 4.79 Å². The van der Waals surface area contributed by atoms with E-state index in [0.717, 1.165) is 12.8 Å². The largest absolute Gasteiger partial charge is 0.298 e. The molecule has 0 spiro atoms. The highest BCUT2D eigenvalue weighted by atomic mass is 16.1. The zero-order chi connectivity index (χ0) is 7.56. The summed E-state index contributed by atoms with van der Waals surface area (Å²) < 4.78 is 0. The van der Waals surface area contributed by atoms with Crippen molar-refractivity contribution < 1.29 is 4.79 Å². The fraction of sp³-hybridized carbons (Fsp3) is 0.667. The molecule has 1 fully saturated rings. The Morgan fingerprint density at radius 3 is 2.90 bits per heavy atom. The van der Waals surface area contributed by atoms with Gasteiger partial charge in [-0.3, -0.25) is 4.79 Å². The molecule has 1 nitrogen and oxygen atoms in total. The van der Waals surface area contributed by atoms with Crippen molar-refractivity contribution in [3.05, 3.63) is 0 Å². The molecule has 54 valence electrons. The van der Waals surface area contributed by atoms with Crippen molar-refractivity contribution in [1.29, 1.82) is 0 Å². The number of terminal acetylenes is 1. The van der Waals surface area contributed by atoms with E-state index < -0.39 is 0 Å². The molecule has 0 heterocycles. The van der Waals surface area contributed by atoms with Crippen LogP contribution in [0.2, 0.25) is 0 Å². The first-order valence-corrected chi connectivity index (χ1v) is 3.75. The Kier molecular flexibility index (Phi) is 2.11. The van der Waals surface area contributed by atoms with Gasteiger partial charge in [-0.2, -0.15) is 0 Å². The first kappa shape index (κ1) is 7.34. The van der Waals surface area contributed by atoms with Crippen LogP contribution in [0.25, 0.3) is 0 Å². The lowest BCUT2D eigenvalue weighted by Gasteiger charge is -1.90. The maximum Gasteiger partial charge on any atom is 0.148 e. The number of carbonyl (C=O) groups excluding carboxylic acids is 1. The van der Waals surface area contributed by atoms with Gasteiger partial charge in [0.1, 0.15) is 5.78 Å². The Morgan fingerprint density at radius 2 is 2.50 bits per heavy atom. The number of ketones is 1. The van der Waals surface area contributed by atoms with E-state index in [2.05, 4.69) is 12.8 Å². The van der Waals surface area contributed by atoms with Gasteiger partial charge in [0.05, 0.1) is 6.42 Å². The van der Waals surface area contributed by atoms with E-state index in [-0.39, 0.29) is 5.78 Å². The summed E-state index contributed by atoms with van der Waals surface area (Å²) in [4.78, 5) is 11.0. The molecule has 1 aliphatic carbocycles. The SMILES string of the molecule is C#CCC(=O)C1CC1CC. The van der Waals surface area contributed by atoms with E-state index >= 15 is 0 Å². The molecule has 0 radical (unpaired) electrons. The third-order valence-corrected chi connectivity index (χ3v) is 2.14. The van der Waals surface area contributed by atoms with Crippen molar-refractivity contribution in [2.24, 2.45) is 11.8 Å². The van der Waals surface area contributed by atoms with Crippen LogP contribution >= 0.6 is 0 Å². The Morgan fingerprint density at radius 1 is 1.80 bits per heavy atom. The zero-order valence-electron chi connectivity index (χ0n) is 6.26. The molecule has 2 unspecified atom stereocenters. The van der Waals surface area contributed by atoms with Gasteiger partial charge in [0.15, 0.2) is 0 Å². The van der Waals surface area contributed by atoms with E-state index in [1.165, 1.54) is 0 Å². The van der Waals surface area contributed by atoms with Gasteiger partial charge in [-0.1, -0.05) is 19.3 Å². The predicted molar refractivity (Wildman–Crippen MR) is 40.3 cm³/mol. The van der Waals surface area contributed by atoms with Crippen molar-refractivity contribution in [2.75, 3.05) is 0 Å². The molecule has 10 heavy (non-hydrogen) atoms. The molecule has 0 aliphatic heterocycles. The fourth-order valence-electron chi connectivity index (χ4n) is 1.32. The van der Waals surface area contributed by atoms with E-state index in [1.807, 2.05) is 0 Å². The summed E-state index contributed by atoms with van der Waals surface area (Å²) in [5.74, 6) is 3.63. The van der Waals surface area contributed by atoms with Gasteiger partial charge in [0.2, 0.25) is 0 Å². The molecule has 0 amide bonds. The monoisotopic (exact) mass is 136 g/mol. The van der Waals surface area contributed by atoms with Crippen LogP contribution in [0, 0.1) is 24.2 Å². The molecule has 0 aromatic heterocycles. The smallest absolute Gasteiger partial charge is 0.148 e. The molecule has 1 aliphatic rings. The summed E-state index contributed by atoms with van der Waals surface area (Å²) in [5, 5.41) is 0. The van der Waals surface area contributed by atoms with Crippen molar-refractivity contribution in [1.82, 2.24) is 0 Å². The highest BCUT2D eigenvalue weighted by Gasteiger charge is 2.40. The average Bonchev–Trinajstić information content (AvgIpc) is 2.66. The number of hydrogen-bond acceptors (Lipinski definition) is 1. The van der Waals surface area contributed by atoms with Crippen molar-refractivity contribution in [3.8, 4) is 12.3 Å². The second-order valence-corrected chi connectivity index (χ2v) is 2.86. The summed E-state index contributed by atoms with van der Waals surface area (Å²) in [6.07, 6.45) is 7.55. The third kappa shape index (κ3) is 1.39. The van der Waals surface area contributed by atoms with E-state index in [1.54, 1.807) is 0 Å². The van der Waals surface area contributed by atoms with Crippen LogP contribution in [0.3, 0.4) is 0 Å². The average molecular weight is 136 g/mol. The molecule has 0 aromatic carbocycles.